The molecule has 1 aliphatic rings. The number of carbonyl (C=O) groups is 3. The summed E-state index contributed by atoms with van der Waals surface area (Å²) in [6.07, 6.45) is 1.58. The maximum atomic E-state index is 12.4. The maximum absolute atomic E-state index is 12.4. The average Bonchev–Trinajstić information content (AvgIpc) is 3.05. The first kappa shape index (κ1) is 22.2. The number of aliphatic imine (C=N–C) groups is 1. The molecule has 31 heavy (non-hydrogen) atoms. The number of esters is 1. The predicted molar refractivity (Wildman–Crippen MR) is 120 cm³/mol. The second kappa shape index (κ2) is 9.53. The van der Waals surface area contributed by atoms with E-state index in [1.165, 1.54) is 0 Å². The second-order valence-electron chi connectivity index (χ2n) is 7.47. The molecule has 1 heterocycles. The van der Waals surface area contributed by atoms with Gasteiger partial charge in [-0.05, 0) is 63.0 Å². The van der Waals surface area contributed by atoms with Gasteiger partial charge >= 0.3 is 5.97 Å². The van der Waals surface area contributed by atoms with Gasteiger partial charge in [-0.2, -0.15) is 0 Å². The van der Waals surface area contributed by atoms with Gasteiger partial charge in [-0.1, -0.05) is 6.07 Å². The number of nitrogens with one attached hydrogen (secondary N) is 1. The summed E-state index contributed by atoms with van der Waals surface area (Å²) < 4.78 is 5.00. The highest BCUT2D eigenvalue weighted by atomic mass is 16.5. The van der Waals surface area contributed by atoms with Gasteiger partial charge < -0.3 is 19.9 Å². The molecule has 0 saturated heterocycles. The van der Waals surface area contributed by atoms with Gasteiger partial charge in [-0.3, -0.25) is 14.6 Å². The van der Waals surface area contributed by atoms with Crippen molar-refractivity contribution in [3.05, 3.63) is 53.6 Å². The standard InChI is InChI=1S/C23H26N4O4/c1-5-31-23(30)15-6-11-18-19(22(29)25-20(18)12-15)13-24-16-7-9-17(10-8-16)27(4)21(28)14-26(2)3/h6-13,19H,5,14H2,1-4H3,(H,25,29). The van der Waals surface area contributed by atoms with Gasteiger partial charge in [0.05, 0.1) is 24.4 Å². The number of rotatable bonds is 7. The molecular formula is C23H26N4O4. The van der Waals surface area contributed by atoms with Crippen LogP contribution in [0.5, 0.6) is 0 Å². The topological polar surface area (TPSA) is 91.3 Å². The number of likely N-dealkylation sites (N-methyl/N-ethyl adjacent to an activating group) is 2. The first-order valence-electron chi connectivity index (χ1n) is 9.97. The molecule has 0 saturated carbocycles. The molecule has 0 aromatic heterocycles. The highest BCUT2D eigenvalue weighted by Gasteiger charge is 2.30. The summed E-state index contributed by atoms with van der Waals surface area (Å²) in [4.78, 5) is 44.3. The summed E-state index contributed by atoms with van der Waals surface area (Å²) in [5.74, 6) is -1.19. The summed E-state index contributed by atoms with van der Waals surface area (Å²) in [5, 5.41) is 2.79. The zero-order valence-corrected chi connectivity index (χ0v) is 18.1. The van der Waals surface area contributed by atoms with Crippen LogP contribution >= 0.6 is 0 Å². The van der Waals surface area contributed by atoms with Crippen LogP contribution in [0.25, 0.3) is 0 Å². The zero-order valence-electron chi connectivity index (χ0n) is 18.1. The van der Waals surface area contributed by atoms with Crippen LogP contribution in [0.1, 0.15) is 28.8 Å². The van der Waals surface area contributed by atoms with Crippen molar-refractivity contribution < 1.29 is 19.1 Å². The van der Waals surface area contributed by atoms with Crippen molar-refractivity contribution >= 4 is 41.1 Å². The quantitative estimate of drug-likeness (QED) is 0.547. The molecule has 0 radical (unpaired) electrons. The monoisotopic (exact) mass is 422 g/mol. The lowest BCUT2D eigenvalue weighted by Crippen LogP contribution is -2.34. The number of benzene rings is 2. The summed E-state index contributed by atoms with van der Waals surface area (Å²) in [7, 11) is 5.42. The molecule has 0 fully saturated rings. The molecule has 1 atom stereocenters. The maximum Gasteiger partial charge on any atom is 0.338 e. The Morgan fingerprint density at radius 1 is 1.13 bits per heavy atom. The van der Waals surface area contributed by atoms with Crippen molar-refractivity contribution in [1.29, 1.82) is 0 Å². The van der Waals surface area contributed by atoms with E-state index < -0.39 is 11.9 Å². The molecule has 162 valence electrons. The smallest absolute Gasteiger partial charge is 0.338 e. The Morgan fingerprint density at radius 3 is 2.48 bits per heavy atom. The number of anilines is 2. The van der Waals surface area contributed by atoms with Crippen LogP contribution in [0, 0.1) is 0 Å². The van der Waals surface area contributed by atoms with E-state index in [1.807, 2.05) is 31.1 Å². The van der Waals surface area contributed by atoms with Crippen molar-refractivity contribution in [1.82, 2.24) is 4.90 Å². The Morgan fingerprint density at radius 2 is 1.84 bits per heavy atom. The Balaban J connectivity index is 1.72. The third-order valence-corrected chi connectivity index (χ3v) is 4.88. The molecule has 2 aromatic rings. The molecule has 0 aliphatic carbocycles. The third kappa shape index (κ3) is 5.16. The molecule has 8 nitrogen and oxygen atoms in total. The lowest BCUT2D eigenvalue weighted by molar-refractivity contribution is -0.119. The highest BCUT2D eigenvalue weighted by molar-refractivity contribution is 6.13. The van der Waals surface area contributed by atoms with E-state index in [2.05, 4.69) is 10.3 Å². The number of hydrogen-bond acceptors (Lipinski definition) is 6. The number of carbonyl (C=O) groups excluding carboxylic acids is 3. The summed E-state index contributed by atoms with van der Waals surface area (Å²) >= 11 is 0. The van der Waals surface area contributed by atoms with Crippen molar-refractivity contribution in [3.63, 3.8) is 0 Å². The molecule has 1 unspecified atom stereocenters. The normalized spacial score (nSPS) is 15.1. The predicted octanol–water partition coefficient (Wildman–Crippen LogP) is 2.83. The van der Waals surface area contributed by atoms with E-state index >= 15 is 0 Å². The van der Waals surface area contributed by atoms with E-state index in [1.54, 1.807) is 55.4 Å². The van der Waals surface area contributed by atoms with E-state index in [0.29, 0.717) is 23.5 Å². The summed E-state index contributed by atoms with van der Waals surface area (Å²) in [6, 6.07) is 12.2. The number of fused-ring (bicyclic) bond motifs is 1. The summed E-state index contributed by atoms with van der Waals surface area (Å²) in [5.41, 5.74) is 3.17. The van der Waals surface area contributed by atoms with E-state index in [9.17, 15) is 14.4 Å². The fourth-order valence-electron chi connectivity index (χ4n) is 3.22. The van der Waals surface area contributed by atoms with Crippen LogP contribution < -0.4 is 10.2 Å². The fraction of sp³-hybridized carbons (Fsp3) is 0.304. The molecular weight excluding hydrogens is 396 g/mol. The molecule has 8 heteroatoms. The fourth-order valence-corrected chi connectivity index (χ4v) is 3.22. The number of hydrogen-bond donors (Lipinski definition) is 1. The minimum atomic E-state index is -0.546. The highest BCUT2D eigenvalue weighted by Crippen LogP contribution is 2.33. The van der Waals surface area contributed by atoms with Crippen LogP contribution in [0.3, 0.4) is 0 Å². The first-order chi connectivity index (χ1) is 14.8. The van der Waals surface area contributed by atoms with Crippen molar-refractivity contribution in [2.24, 2.45) is 4.99 Å². The first-order valence-corrected chi connectivity index (χ1v) is 9.97. The largest absolute Gasteiger partial charge is 0.462 e. The minimum Gasteiger partial charge on any atom is -0.462 e. The Kier molecular flexibility index (Phi) is 6.81. The van der Waals surface area contributed by atoms with Gasteiger partial charge in [0, 0.05) is 24.6 Å². The Labute approximate surface area is 181 Å². The lowest BCUT2D eigenvalue weighted by Gasteiger charge is -2.19. The summed E-state index contributed by atoms with van der Waals surface area (Å²) in [6.45, 7) is 2.35. The van der Waals surface area contributed by atoms with Crippen LogP contribution in [0.15, 0.2) is 47.5 Å². The minimum absolute atomic E-state index is 0.0114. The molecule has 1 N–H and O–H groups in total. The van der Waals surface area contributed by atoms with Crippen LogP contribution in [-0.2, 0) is 14.3 Å². The van der Waals surface area contributed by atoms with E-state index in [4.69, 9.17) is 4.74 Å². The number of amides is 2. The SMILES string of the molecule is CCOC(=O)c1ccc2c(c1)NC(=O)C2C=Nc1ccc(N(C)C(=O)CN(C)C)cc1. The van der Waals surface area contributed by atoms with Crippen molar-refractivity contribution in [2.45, 2.75) is 12.8 Å². The second-order valence-corrected chi connectivity index (χ2v) is 7.47. The zero-order chi connectivity index (χ0) is 22.5. The molecule has 1 aliphatic heterocycles. The number of nitrogens with zero attached hydrogens (tertiary/aromatic N) is 3. The molecule has 2 amide bonds. The average molecular weight is 422 g/mol. The van der Waals surface area contributed by atoms with Crippen LogP contribution in [0.2, 0.25) is 0 Å². The lowest BCUT2D eigenvalue weighted by atomic mass is 10.0. The van der Waals surface area contributed by atoms with Gasteiger partial charge in [-0.15, -0.1) is 0 Å². The molecule has 2 aromatic carbocycles. The van der Waals surface area contributed by atoms with Crippen molar-refractivity contribution in [2.75, 3.05) is 44.5 Å². The van der Waals surface area contributed by atoms with Crippen LogP contribution in [0.4, 0.5) is 17.1 Å². The van der Waals surface area contributed by atoms with E-state index in [0.717, 1.165) is 11.3 Å². The number of ether oxygens (including phenoxy) is 1. The van der Waals surface area contributed by atoms with E-state index in [-0.39, 0.29) is 18.4 Å². The molecule has 0 bridgehead atoms. The van der Waals surface area contributed by atoms with Gasteiger partial charge in [0.25, 0.3) is 0 Å². The third-order valence-electron chi connectivity index (χ3n) is 4.88. The van der Waals surface area contributed by atoms with Gasteiger partial charge in [-0.25, -0.2) is 4.79 Å². The van der Waals surface area contributed by atoms with Gasteiger partial charge in [0.15, 0.2) is 0 Å². The Hall–Kier alpha value is -3.52. The Bertz CT molecular complexity index is 1010. The molecule has 0 spiro atoms. The van der Waals surface area contributed by atoms with Gasteiger partial charge in [0.1, 0.15) is 5.92 Å². The van der Waals surface area contributed by atoms with Crippen LogP contribution in [-0.4, -0.2) is 63.2 Å². The van der Waals surface area contributed by atoms with Gasteiger partial charge in [0.2, 0.25) is 11.8 Å². The van der Waals surface area contributed by atoms with Crippen molar-refractivity contribution in [3.8, 4) is 0 Å². The molecule has 3 rings (SSSR count).